The molecule has 2 rings (SSSR count). The molecule has 0 aliphatic rings. The van der Waals surface area contributed by atoms with Crippen molar-refractivity contribution >= 4 is 29.0 Å². The van der Waals surface area contributed by atoms with Crippen molar-refractivity contribution in [3.8, 4) is 0 Å². The van der Waals surface area contributed by atoms with Crippen molar-refractivity contribution in [2.45, 2.75) is 13.8 Å². The quantitative estimate of drug-likeness (QED) is 0.882. The van der Waals surface area contributed by atoms with Crippen LogP contribution < -0.4 is 10.6 Å². The summed E-state index contributed by atoms with van der Waals surface area (Å²) >= 11 is 1.29. The van der Waals surface area contributed by atoms with Gasteiger partial charge in [0.2, 0.25) is 0 Å². The van der Waals surface area contributed by atoms with Gasteiger partial charge >= 0.3 is 6.03 Å². The van der Waals surface area contributed by atoms with E-state index in [1.807, 2.05) is 32.0 Å². The lowest BCUT2D eigenvalue weighted by Crippen LogP contribution is -2.34. The number of anilines is 1. The van der Waals surface area contributed by atoms with Gasteiger partial charge in [-0.1, -0.05) is 23.8 Å². The van der Waals surface area contributed by atoms with Gasteiger partial charge in [-0.05, 0) is 36.9 Å². The first kappa shape index (κ1) is 13.3. The van der Waals surface area contributed by atoms with Crippen LogP contribution in [0.5, 0.6) is 0 Å². The number of rotatable bonds is 2. The normalized spacial score (nSPS) is 10.0. The van der Waals surface area contributed by atoms with Crippen molar-refractivity contribution in [3.63, 3.8) is 0 Å². The summed E-state index contributed by atoms with van der Waals surface area (Å²) in [6.45, 7) is 3.89. The minimum atomic E-state index is -0.523. The highest BCUT2D eigenvalue weighted by atomic mass is 32.1. The van der Waals surface area contributed by atoms with E-state index in [4.69, 9.17) is 0 Å². The fraction of sp³-hybridized carbons (Fsp3) is 0.143. The molecule has 2 N–H and O–H groups in total. The SMILES string of the molecule is Cc1ccc(NC(=O)NC(=O)c2cccs2)c(C)c1. The predicted molar refractivity (Wildman–Crippen MR) is 76.7 cm³/mol. The van der Waals surface area contributed by atoms with Crippen LogP contribution >= 0.6 is 11.3 Å². The van der Waals surface area contributed by atoms with E-state index in [0.29, 0.717) is 10.6 Å². The zero-order valence-corrected chi connectivity index (χ0v) is 11.5. The number of carbonyl (C=O) groups excluding carboxylic acids is 2. The number of hydrogen-bond acceptors (Lipinski definition) is 3. The number of urea groups is 1. The van der Waals surface area contributed by atoms with Gasteiger partial charge in [0, 0.05) is 5.69 Å². The molecule has 2 aromatic rings. The second-order valence-corrected chi connectivity index (χ2v) is 5.15. The molecule has 1 aromatic carbocycles. The maximum Gasteiger partial charge on any atom is 0.326 e. The van der Waals surface area contributed by atoms with Crippen LogP contribution in [-0.2, 0) is 0 Å². The molecular formula is C14H14N2O2S. The van der Waals surface area contributed by atoms with Crippen LogP contribution in [0.15, 0.2) is 35.7 Å². The molecule has 0 aliphatic carbocycles. The van der Waals surface area contributed by atoms with Gasteiger partial charge in [-0.2, -0.15) is 0 Å². The first-order chi connectivity index (χ1) is 9.06. The molecule has 0 bridgehead atoms. The topological polar surface area (TPSA) is 58.2 Å². The highest BCUT2D eigenvalue weighted by Crippen LogP contribution is 2.16. The number of hydrogen-bond donors (Lipinski definition) is 2. The summed E-state index contributed by atoms with van der Waals surface area (Å²) in [5, 5.41) is 6.75. The molecule has 0 spiro atoms. The summed E-state index contributed by atoms with van der Waals surface area (Å²) in [5.41, 5.74) is 2.78. The van der Waals surface area contributed by atoms with E-state index in [9.17, 15) is 9.59 Å². The Balaban J connectivity index is 2.00. The zero-order chi connectivity index (χ0) is 13.8. The van der Waals surface area contributed by atoms with Crippen molar-refractivity contribution in [3.05, 3.63) is 51.7 Å². The fourth-order valence-electron chi connectivity index (χ4n) is 1.68. The first-order valence-corrected chi connectivity index (χ1v) is 6.67. The maximum absolute atomic E-state index is 11.7. The fourth-order valence-corrected chi connectivity index (χ4v) is 2.30. The summed E-state index contributed by atoms with van der Waals surface area (Å²) in [7, 11) is 0. The largest absolute Gasteiger partial charge is 0.326 e. The molecule has 0 aliphatic heterocycles. The van der Waals surface area contributed by atoms with Crippen LogP contribution in [-0.4, -0.2) is 11.9 Å². The summed E-state index contributed by atoms with van der Waals surface area (Å²) in [4.78, 5) is 23.9. The Hall–Kier alpha value is -2.14. The Bertz CT molecular complexity index is 606. The van der Waals surface area contributed by atoms with E-state index < -0.39 is 11.9 Å². The smallest absolute Gasteiger partial charge is 0.307 e. The minimum absolute atomic E-state index is 0.391. The van der Waals surface area contributed by atoms with E-state index >= 15 is 0 Å². The summed E-state index contributed by atoms with van der Waals surface area (Å²) in [5.74, 6) is -0.391. The molecule has 5 heteroatoms. The van der Waals surface area contributed by atoms with Gasteiger partial charge in [-0.25, -0.2) is 4.79 Å². The van der Waals surface area contributed by atoms with Crippen molar-refractivity contribution in [2.24, 2.45) is 0 Å². The van der Waals surface area contributed by atoms with E-state index in [1.165, 1.54) is 11.3 Å². The van der Waals surface area contributed by atoms with Crippen LogP contribution in [0.4, 0.5) is 10.5 Å². The van der Waals surface area contributed by atoms with E-state index in [0.717, 1.165) is 11.1 Å². The third kappa shape index (κ3) is 3.42. The van der Waals surface area contributed by atoms with E-state index in [2.05, 4.69) is 10.6 Å². The standard InChI is InChI=1S/C14H14N2O2S/c1-9-5-6-11(10(2)8-9)15-14(18)16-13(17)12-4-3-7-19-12/h3-8H,1-2H3,(H2,15,16,17,18). The van der Waals surface area contributed by atoms with Crippen molar-refractivity contribution in [2.75, 3.05) is 5.32 Å². The lowest BCUT2D eigenvalue weighted by atomic mass is 10.1. The number of imide groups is 1. The molecule has 3 amide bonds. The molecule has 0 unspecified atom stereocenters. The molecular weight excluding hydrogens is 260 g/mol. The second-order valence-electron chi connectivity index (χ2n) is 4.20. The Kier molecular flexibility index (Phi) is 3.97. The average Bonchev–Trinajstić information content (AvgIpc) is 2.86. The summed E-state index contributed by atoms with van der Waals surface area (Å²) in [6, 6.07) is 8.61. The molecule has 0 saturated carbocycles. The van der Waals surface area contributed by atoms with Gasteiger partial charge in [0.25, 0.3) is 5.91 Å². The molecule has 4 nitrogen and oxygen atoms in total. The number of amides is 3. The second kappa shape index (κ2) is 5.67. The minimum Gasteiger partial charge on any atom is -0.307 e. The summed E-state index contributed by atoms with van der Waals surface area (Å²) in [6.07, 6.45) is 0. The predicted octanol–water partition coefficient (Wildman–Crippen LogP) is 3.33. The Morgan fingerprint density at radius 2 is 1.95 bits per heavy atom. The molecule has 0 saturated heterocycles. The van der Waals surface area contributed by atoms with Gasteiger partial charge in [0.05, 0.1) is 4.88 Å². The van der Waals surface area contributed by atoms with Crippen molar-refractivity contribution in [1.82, 2.24) is 5.32 Å². The van der Waals surface area contributed by atoms with Gasteiger partial charge < -0.3 is 5.32 Å². The molecule has 0 radical (unpaired) electrons. The van der Waals surface area contributed by atoms with Gasteiger partial charge in [0.1, 0.15) is 0 Å². The zero-order valence-electron chi connectivity index (χ0n) is 10.7. The lowest BCUT2D eigenvalue weighted by molar-refractivity contribution is 0.0971. The van der Waals surface area contributed by atoms with Crippen LogP contribution in [0.2, 0.25) is 0 Å². The Morgan fingerprint density at radius 1 is 1.16 bits per heavy atom. The third-order valence-electron chi connectivity index (χ3n) is 2.60. The van der Waals surface area contributed by atoms with Crippen molar-refractivity contribution < 1.29 is 9.59 Å². The molecule has 0 fully saturated rings. The molecule has 98 valence electrons. The Morgan fingerprint density at radius 3 is 2.58 bits per heavy atom. The molecule has 1 heterocycles. The maximum atomic E-state index is 11.7. The number of aryl methyl sites for hydroxylation is 2. The highest BCUT2D eigenvalue weighted by Gasteiger charge is 2.11. The number of benzene rings is 1. The van der Waals surface area contributed by atoms with Gasteiger partial charge in [0.15, 0.2) is 0 Å². The van der Waals surface area contributed by atoms with Crippen molar-refractivity contribution in [1.29, 1.82) is 0 Å². The van der Waals surface area contributed by atoms with Gasteiger partial charge in [-0.15, -0.1) is 11.3 Å². The van der Waals surface area contributed by atoms with Crippen LogP contribution in [0.1, 0.15) is 20.8 Å². The highest BCUT2D eigenvalue weighted by molar-refractivity contribution is 7.12. The van der Waals surface area contributed by atoms with Crippen LogP contribution in [0, 0.1) is 13.8 Å². The molecule has 1 aromatic heterocycles. The average molecular weight is 274 g/mol. The van der Waals surface area contributed by atoms with Crippen LogP contribution in [0.25, 0.3) is 0 Å². The molecule has 0 atom stereocenters. The summed E-state index contributed by atoms with van der Waals surface area (Å²) < 4.78 is 0. The Labute approximate surface area is 115 Å². The lowest BCUT2D eigenvalue weighted by Gasteiger charge is -2.09. The van der Waals surface area contributed by atoms with Crippen LogP contribution in [0.3, 0.4) is 0 Å². The third-order valence-corrected chi connectivity index (χ3v) is 3.47. The first-order valence-electron chi connectivity index (χ1n) is 5.79. The van der Waals surface area contributed by atoms with Gasteiger partial charge in [-0.3, -0.25) is 10.1 Å². The number of nitrogens with one attached hydrogen (secondary N) is 2. The monoisotopic (exact) mass is 274 g/mol. The molecule has 19 heavy (non-hydrogen) atoms. The van der Waals surface area contributed by atoms with E-state index in [1.54, 1.807) is 17.5 Å². The number of thiophene rings is 1. The number of carbonyl (C=O) groups is 2. The van der Waals surface area contributed by atoms with E-state index in [-0.39, 0.29) is 0 Å².